The van der Waals surface area contributed by atoms with Gasteiger partial charge in [-0.1, -0.05) is 32.0 Å². The van der Waals surface area contributed by atoms with Crippen LogP contribution in [0.2, 0.25) is 0 Å². The first-order valence-corrected chi connectivity index (χ1v) is 7.17. The highest BCUT2D eigenvalue weighted by Crippen LogP contribution is 2.25. The number of para-hydroxylation sites is 1. The van der Waals surface area contributed by atoms with Gasteiger partial charge in [0, 0.05) is 11.9 Å². The van der Waals surface area contributed by atoms with Gasteiger partial charge in [-0.2, -0.15) is 5.10 Å². The second-order valence-corrected chi connectivity index (χ2v) is 5.63. The fourth-order valence-corrected chi connectivity index (χ4v) is 2.77. The predicted molar refractivity (Wildman–Crippen MR) is 79.1 cm³/mol. The zero-order valence-corrected chi connectivity index (χ0v) is 12.3. The number of aryl methyl sites for hydroxylation is 1. The van der Waals surface area contributed by atoms with Crippen LogP contribution in [0.1, 0.15) is 33.4 Å². The molecule has 0 saturated heterocycles. The summed E-state index contributed by atoms with van der Waals surface area (Å²) in [5, 5.41) is 15.9. The molecule has 2 atom stereocenters. The molecule has 2 unspecified atom stereocenters. The third kappa shape index (κ3) is 2.81. The maximum absolute atomic E-state index is 9.95. The van der Waals surface area contributed by atoms with Crippen molar-refractivity contribution >= 4 is 10.9 Å². The molecular formula is C16H24N2O. The monoisotopic (exact) mass is 260 g/mol. The minimum absolute atomic E-state index is 0.253. The van der Waals surface area contributed by atoms with Gasteiger partial charge in [0.05, 0.1) is 17.3 Å². The smallest absolute Gasteiger partial charge is 0.0707 e. The molecule has 2 aromatic rings. The first kappa shape index (κ1) is 14.1. The molecule has 1 N–H and O–H groups in total. The van der Waals surface area contributed by atoms with Crippen LogP contribution >= 0.6 is 0 Å². The molecular weight excluding hydrogens is 236 g/mol. The Labute approximate surface area is 115 Å². The average molecular weight is 260 g/mol. The van der Waals surface area contributed by atoms with E-state index >= 15 is 0 Å². The number of hydrogen-bond donors (Lipinski definition) is 1. The Morgan fingerprint density at radius 2 is 1.89 bits per heavy atom. The average Bonchev–Trinajstić information content (AvgIpc) is 2.73. The van der Waals surface area contributed by atoms with Crippen molar-refractivity contribution in [2.75, 3.05) is 0 Å². The lowest BCUT2D eigenvalue weighted by Crippen LogP contribution is -2.24. The summed E-state index contributed by atoms with van der Waals surface area (Å²) in [5.74, 6) is 0.703. The zero-order chi connectivity index (χ0) is 14.0. The molecule has 104 valence electrons. The molecule has 0 amide bonds. The normalized spacial score (nSPS) is 15.1. The molecule has 0 aliphatic heterocycles. The third-order valence-electron chi connectivity index (χ3n) is 3.94. The molecule has 3 nitrogen and oxygen atoms in total. The van der Waals surface area contributed by atoms with E-state index in [1.807, 2.05) is 11.6 Å². The van der Waals surface area contributed by atoms with Crippen LogP contribution < -0.4 is 0 Å². The first-order valence-electron chi connectivity index (χ1n) is 7.17. The number of nitrogens with zero attached hydrogens (tertiary/aromatic N) is 2. The fraction of sp³-hybridized carbons (Fsp3) is 0.562. The van der Waals surface area contributed by atoms with Crippen LogP contribution in [0.15, 0.2) is 24.3 Å². The number of aromatic nitrogens is 2. The standard InChI is InChI=1S/C16H24N2O/c1-5-18-16-9-7-6-8-13(16)15(17-18)10-14(11(2)3)12(4)19/h6-9,11-12,14,19H,5,10H2,1-4H3. The molecule has 1 aromatic heterocycles. The molecule has 2 rings (SSSR count). The van der Waals surface area contributed by atoms with Gasteiger partial charge in [0.15, 0.2) is 0 Å². The number of hydrogen-bond acceptors (Lipinski definition) is 2. The van der Waals surface area contributed by atoms with E-state index in [0.717, 1.165) is 18.7 Å². The van der Waals surface area contributed by atoms with Crippen molar-refractivity contribution in [2.45, 2.75) is 46.8 Å². The number of fused-ring (bicyclic) bond motifs is 1. The van der Waals surface area contributed by atoms with E-state index in [4.69, 9.17) is 5.10 Å². The Balaban J connectivity index is 2.40. The molecule has 1 heterocycles. The molecule has 0 aliphatic carbocycles. The van der Waals surface area contributed by atoms with Gasteiger partial charge in [0.2, 0.25) is 0 Å². The van der Waals surface area contributed by atoms with Crippen molar-refractivity contribution in [1.29, 1.82) is 0 Å². The first-order chi connectivity index (χ1) is 9.04. The lowest BCUT2D eigenvalue weighted by molar-refractivity contribution is 0.0971. The van der Waals surface area contributed by atoms with Crippen LogP contribution in [-0.2, 0) is 13.0 Å². The Morgan fingerprint density at radius 1 is 1.21 bits per heavy atom. The van der Waals surface area contributed by atoms with E-state index in [2.05, 4.69) is 45.0 Å². The Hall–Kier alpha value is -1.35. The van der Waals surface area contributed by atoms with Gasteiger partial charge in [-0.15, -0.1) is 0 Å². The van der Waals surface area contributed by atoms with Crippen LogP contribution in [0.4, 0.5) is 0 Å². The molecule has 0 aliphatic rings. The summed E-state index contributed by atoms with van der Waals surface area (Å²) in [6.07, 6.45) is 0.536. The van der Waals surface area contributed by atoms with Gasteiger partial charge in [-0.3, -0.25) is 4.68 Å². The summed E-state index contributed by atoms with van der Waals surface area (Å²) in [5.41, 5.74) is 2.30. The Morgan fingerprint density at radius 3 is 2.47 bits per heavy atom. The SMILES string of the molecule is CCn1nc(CC(C(C)C)C(C)O)c2ccccc21. The number of aliphatic hydroxyl groups excluding tert-OH is 1. The van der Waals surface area contributed by atoms with Gasteiger partial charge < -0.3 is 5.11 Å². The molecule has 0 saturated carbocycles. The van der Waals surface area contributed by atoms with Crippen molar-refractivity contribution in [3.63, 3.8) is 0 Å². The van der Waals surface area contributed by atoms with E-state index in [1.165, 1.54) is 10.9 Å². The summed E-state index contributed by atoms with van der Waals surface area (Å²) in [6.45, 7) is 9.19. The van der Waals surface area contributed by atoms with Crippen LogP contribution in [0.3, 0.4) is 0 Å². The topological polar surface area (TPSA) is 38.0 Å². The summed E-state index contributed by atoms with van der Waals surface area (Å²) >= 11 is 0. The van der Waals surface area contributed by atoms with E-state index in [1.54, 1.807) is 0 Å². The minimum Gasteiger partial charge on any atom is -0.393 e. The molecule has 19 heavy (non-hydrogen) atoms. The van der Waals surface area contributed by atoms with E-state index in [0.29, 0.717) is 5.92 Å². The van der Waals surface area contributed by atoms with Crippen LogP contribution in [0, 0.1) is 11.8 Å². The lowest BCUT2D eigenvalue weighted by Gasteiger charge is -2.22. The maximum atomic E-state index is 9.95. The molecule has 0 spiro atoms. The van der Waals surface area contributed by atoms with Crippen LogP contribution in [0.25, 0.3) is 10.9 Å². The van der Waals surface area contributed by atoms with E-state index in [-0.39, 0.29) is 12.0 Å². The zero-order valence-electron chi connectivity index (χ0n) is 12.3. The quantitative estimate of drug-likeness (QED) is 0.896. The number of rotatable bonds is 5. The lowest BCUT2D eigenvalue weighted by atomic mass is 9.86. The molecule has 3 heteroatoms. The summed E-state index contributed by atoms with van der Waals surface area (Å²) < 4.78 is 2.05. The molecule has 0 bridgehead atoms. The second kappa shape index (κ2) is 5.74. The van der Waals surface area contributed by atoms with Crippen molar-refractivity contribution in [3.8, 4) is 0 Å². The van der Waals surface area contributed by atoms with Crippen molar-refractivity contribution in [2.24, 2.45) is 11.8 Å². The Bertz CT molecular complexity index is 535. The summed E-state index contributed by atoms with van der Waals surface area (Å²) in [6, 6.07) is 8.35. The highest BCUT2D eigenvalue weighted by molar-refractivity contribution is 5.81. The molecule has 0 fully saturated rings. The van der Waals surface area contributed by atoms with E-state index in [9.17, 15) is 5.11 Å². The van der Waals surface area contributed by atoms with Crippen molar-refractivity contribution < 1.29 is 5.11 Å². The molecule has 1 aromatic carbocycles. The third-order valence-corrected chi connectivity index (χ3v) is 3.94. The predicted octanol–water partition coefficient (Wildman–Crippen LogP) is 3.25. The number of benzene rings is 1. The van der Waals surface area contributed by atoms with Crippen molar-refractivity contribution in [1.82, 2.24) is 9.78 Å². The van der Waals surface area contributed by atoms with Gasteiger partial charge in [0.25, 0.3) is 0 Å². The van der Waals surface area contributed by atoms with Gasteiger partial charge in [-0.25, -0.2) is 0 Å². The summed E-state index contributed by atoms with van der Waals surface area (Å²) in [4.78, 5) is 0. The van der Waals surface area contributed by atoms with Crippen LogP contribution in [-0.4, -0.2) is 21.0 Å². The highest BCUT2D eigenvalue weighted by atomic mass is 16.3. The van der Waals surface area contributed by atoms with Crippen molar-refractivity contribution in [3.05, 3.63) is 30.0 Å². The fourth-order valence-electron chi connectivity index (χ4n) is 2.77. The van der Waals surface area contributed by atoms with Gasteiger partial charge >= 0.3 is 0 Å². The van der Waals surface area contributed by atoms with Gasteiger partial charge in [-0.05, 0) is 38.2 Å². The maximum Gasteiger partial charge on any atom is 0.0707 e. The summed E-state index contributed by atoms with van der Waals surface area (Å²) in [7, 11) is 0. The highest BCUT2D eigenvalue weighted by Gasteiger charge is 2.22. The van der Waals surface area contributed by atoms with Gasteiger partial charge in [0.1, 0.15) is 0 Å². The minimum atomic E-state index is -0.300. The molecule has 0 radical (unpaired) electrons. The Kier molecular flexibility index (Phi) is 4.25. The van der Waals surface area contributed by atoms with Crippen LogP contribution in [0.5, 0.6) is 0 Å². The number of aliphatic hydroxyl groups is 1. The van der Waals surface area contributed by atoms with E-state index < -0.39 is 0 Å². The second-order valence-electron chi connectivity index (χ2n) is 5.63. The largest absolute Gasteiger partial charge is 0.393 e.